The standard InChI is InChI=1S/3C13H14N2.5C12H13N3/c1-9-13-11(8-14(9)2)10-6-4-5-7-12(10)15(13)3;1-9-13-10-6-4-5-7-11(10)15(3)12(13)8-14(9)2;1-9-8-11-10-6-4-5-7-12(10)15(3)13(11)14(9)2;2*1-8-9(2)14(3)12-11(8)15-7-5-4-6-10(15)13-12;1-8-9(2)14(3)12-11(8)13-10-6-4-5-7-15(10)12;2*1-8-9(2)15-11-7-5-4-6-10(11)14(3)12(15)13-8/h3*4-8H,1-3H3;5*4-7H,1-3H3. The summed E-state index contributed by atoms with van der Waals surface area (Å²) in [4.78, 5) is 23.0. The van der Waals surface area contributed by atoms with Gasteiger partial charge in [-0.25, -0.2) is 24.9 Å². The van der Waals surface area contributed by atoms with Crippen LogP contribution in [0.15, 0.2) is 213 Å². The van der Waals surface area contributed by atoms with Gasteiger partial charge in [0.25, 0.3) is 0 Å². The smallest absolute Gasteiger partial charge is 0.215 e. The van der Waals surface area contributed by atoms with Crippen molar-refractivity contribution in [2.45, 2.75) is 90.0 Å². The van der Waals surface area contributed by atoms with E-state index in [0.717, 1.165) is 56.7 Å². The first kappa shape index (κ1) is 78.6. The van der Waals surface area contributed by atoms with Gasteiger partial charge < -0.3 is 50.2 Å². The molecule has 19 heterocycles. The molecule has 5 aromatic carbocycles. The molecule has 19 aromatic heterocycles. The summed E-state index contributed by atoms with van der Waals surface area (Å²) in [7, 11) is 23.1. The highest BCUT2D eigenvalue weighted by Gasteiger charge is 2.21. The molecule has 0 amide bonds. The summed E-state index contributed by atoms with van der Waals surface area (Å²) in [5.74, 6) is 2.04. The summed E-state index contributed by atoms with van der Waals surface area (Å²) in [6.07, 6.45) is 10.6. The van der Waals surface area contributed by atoms with E-state index in [-0.39, 0.29) is 0 Å². The summed E-state index contributed by atoms with van der Waals surface area (Å²) in [5, 5.41) is 8.14. The van der Waals surface area contributed by atoms with Crippen LogP contribution in [0.4, 0.5) is 0 Å². The molecule has 0 bridgehead atoms. The molecule has 0 radical (unpaired) electrons. The molecule has 0 aliphatic carbocycles. The Morgan fingerprint density at radius 2 is 0.650 bits per heavy atom. The van der Waals surface area contributed by atoms with Gasteiger partial charge in [0.1, 0.15) is 33.8 Å². The quantitative estimate of drug-likeness (QED) is 0.149. The second kappa shape index (κ2) is 30.2. The Hall–Kier alpha value is -14.0. The molecule has 0 N–H and O–H groups in total. The maximum Gasteiger partial charge on any atom is 0.215 e. The number of aromatic nitrogens is 21. The fourth-order valence-electron chi connectivity index (χ4n) is 18.0. The van der Waals surface area contributed by atoms with Crippen molar-refractivity contribution in [3.63, 3.8) is 0 Å². The average Bonchev–Trinajstić information content (AvgIpc) is 1.62. The van der Waals surface area contributed by atoms with Crippen LogP contribution in [0.3, 0.4) is 0 Å². The minimum absolute atomic E-state index is 1.02. The molecule has 24 aromatic rings. The van der Waals surface area contributed by atoms with Crippen LogP contribution in [0, 0.1) is 90.0 Å². The molecule has 0 saturated heterocycles. The summed E-state index contributed by atoms with van der Waals surface area (Å²) >= 11 is 0. The van der Waals surface area contributed by atoms with Crippen LogP contribution in [0.5, 0.6) is 0 Å². The molecule has 0 saturated carbocycles. The van der Waals surface area contributed by atoms with Gasteiger partial charge in [0.2, 0.25) is 11.6 Å². The minimum atomic E-state index is 1.02. The van der Waals surface area contributed by atoms with Crippen molar-refractivity contribution in [3.05, 3.63) is 287 Å². The van der Waals surface area contributed by atoms with E-state index in [9.17, 15) is 0 Å². The Labute approximate surface area is 696 Å². The predicted octanol–water partition coefficient (Wildman–Crippen LogP) is 21.1. The van der Waals surface area contributed by atoms with E-state index in [1.54, 1.807) is 0 Å². The van der Waals surface area contributed by atoms with Crippen molar-refractivity contribution in [2.75, 3.05) is 0 Å². The maximum atomic E-state index is 4.64. The van der Waals surface area contributed by atoms with Crippen molar-refractivity contribution < 1.29 is 0 Å². The topological polar surface area (TPSA) is 141 Å². The molecule has 0 unspecified atom stereocenters. The predicted molar refractivity (Wildman–Crippen MR) is 498 cm³/mol. The molecule has 0 spiro atoms. The van der Waals surface area contributed by atoms with Gasteiger partial charge in [-0.05, 0) is 192 Å². The third-order valence-corrected chi connectivity index (χ3v) is 25.9. The molecule has 24 rings (SSSR count). The van der Waals surface area contributed by atoms with Gasteiger partial charge in [-0.2, -0.15) is 0 Å². The Morgan fingerprint density at radius 3 is 1.15 bits per heavy atom. The molecule has 0 atom stereocenters. The molecule has 0 aliphatic rings. The lowest BCUT2D eigenvalue weighted by molar-refractivity contribution is 0.856. The van der Waals surface area contributed by atoms with E-state index in [2.05, 4.69) is 423 Å². The van der Waals surface area contributed by atoms with Gasteiger partial charge in [0.05, 0.1) is 61.0 Å². The summed E-state index contributed by atoms with van der Waals surface area (Å²) in [6.45, 7) is 27.6. The molecule has 21 nitrogen and oxygen atoms in total. The number of aryl methyl sites for hydroxylation is 21. The van der Waals surface area contributed by atoms with E-state index < -0.39 is 0 Å². The zero-order chi connectivity index (χ0) is 84.6. The van der Waals surface area contributed by atoms with Crippen LogP contribution in [0.1, 0.15) is 73.6 Å². The second-order valence-corrected chi connectivity index (χ2v) is 32.4. The van der Waals surface area contributed by atoms with E-state index in [1.807, 2.05) is 54.6 Å². The second-order valence-electron chi connectivity index (χ2n) is 32.4. The fraction of sp³-hybridized carbons (Fsp3) is 0.242. The third kappa shape index (κ3) is 12.4. The first-order valence-corrected chi connectivity index (χ1v) is 41.0. The molecular formula is C99H107N21. The molecule has 21 heteroatoms. The van der Waals surface area contributed by atoms with Crippen molar-refractivity contribution in [1.29, 1.82) is 0 Å². The summed E-state index contributed by atoms with van der Waals surface area (Å²) in [5.41, 5.74) is 39.1. The number of nitrogens with zero attached hydrogens (tertiary/aromatic N) is 21. The highest BCUT2D eigenvalue weighted by molar-refractivity contribution is 6.11. The molecule has 0 aliphatic heterocycles. The van der Waals surface area contributed by atoms with Crippen LogP contribution < -0.4 is 0 Å². The van der Waals surface area contributed by atoms with E-state index in [1.165, 1.54) is 167 Å². The fourth-order valence-corrected chi connectivity index (χ4v) is 18.0. The number of imidazole rings is 7. The SMILES string of the molecule is Cc1c(C)n(C)c2c1nc1ccccn12.Cc1c(C)n(C)c2nc3ccccn3c12.Cc1c(C)n(C)c2nc3ccccn3c12.Cc1c2c(cn1C)c1ccccc1n2C.Cc1c2c3ccccc3n(C)c2cn1C.Cc1cc2c3ccccc3n(C)c2n1C.Cc1nc2n(C)c3ccccc3n2c1C.Cc1nc2n(C)c3ccccc3n2c1C. The average molecular weight is 1590 g/mol. The van der Waals surface area contributed by atoms with Gasteiger partial charge >= 0.3 is 0 Å². The summed E-state index contributed by atoms with van der Waals surface area (Å²) < 4.78 is 35.1. The lowest BCUT2D eigenvalue weighted by Crippen LogP contribution is -1.96. The van der Waals surface area contributed by atoms with E-state index >= 15 is 0 Å². The van der Waals surface area contributed by atoms with Crippen molar-refractivity contribution in [1.82, 2.24) is 97.2 Å². The van der Waals surface area contributed by atoms with Crippen LogP contribution >= 0.6 is 0 Å². The number of rotatable bonds is 0. The highest BCUT2D eigenvalue weighted by Crippen LogP contribution is 2.36. The zero-order valence-corrected chi connectivity index (χ0v) is 73.6. The van der Waals surface area contributed by atoms with E-state index in [0.29, 0.717) is 0 Å². The van der Waals surface area contributed by atoms with Crippen LogP contribution in [-0.4, -0.2) is 97.2 Å². The highest BCUT2D eigenvalue weighted by atomic mass is 15.2. The Morgan fingerprint density at radius 1 is 0.250 bits per heavy atom. The van der Waals surface area contributed by atoms with Crippen molar-refractivity contribution >= 4 is 150 Å². The van der Waals surface area contributed by atoms with Crippen LogP contribution in [0.25, 0.3) is 150 Å². The molecular weight excluding hydrogens is 1480 g/mol. The lowest BCUT2D eigenvalue weighted by atomic mass is 10.2. The minimum Gasteiger partial charge on any atom is -0.352 e. The normalized spacial score (nSPS) is 11.7. The molecule has 120 heavy (non-hydrogen) atoms. The van der Waals surface area contributed by atoms with Gasteiger partial charge in [-0.3, -0.25) is 22.0 Å². The Balaban J connectivity index is 0.0000000979. The lowest BCUT2D eigenvalue weighted by Gasteiger charge is -2.02. The van der Waals surface area contributed by atoms with Gasteiger partial charge in [0, 0.05) is 197 Å². The summed E-state index contributed by atoms with van der Waals surface area (Å²) in [6, 6.07) is 63.0. The van der Waals surface area contributed by atoms with Crippen molar-refractivity contribution in [2.24, 2.45) is 77.5 Å². The Kier molecular flexibility index (Phi) is 19.8. The van der Waals surface area contributed by atoms with Gasteiger partial charge in [0.15, 0.2) is 11.3 Å². The van der Waals surface area contributed by atoms with E-state index in [4.69, 9.17) is 0 Å². The number of benzene rings is 5. The van der Waals surface area contributed by atoms with Crippen LogP contribution in [-0.2, 0) is 77.5 Å². The molecule has 0 fully saturated rings. The van der Waals surface area contributed by atoms with Gasteiger partial charge in [-0.1, -0.05) is 97.1 Å². The first-order valence-electron chi connectivity index (χ1n) is 41.0. The third-order valence-electron chi connectivity index (χ3n) is 25.9. The molecule has 608 valence electrons. The number of pyridine rings is 3. The number of para-hydroxylation sites is 7. The maximum absolute atomic E-state index is 4.64. The zero-order valence-electron chi connectivity index (χ0n) is 73.6. The van der Waals surface area contributed by atoms with Crippen molar-refractivity contribution in [3.8, 4) is 0 Å². The monoisotopic (exact) mass is 1590 g/mol. The number of hydrogen-bond donors (Lipinski definition) is 0. The van der Waals surface area contributed by atoms with Crippen LogP contribution in [0.2, 0.25) is 0 Å². The first-order chi connectivity index (χ1) is 57.6. The Bertz CT molecular complexity index is 7390. The number of fused-ring (bicyclic) bond motifs is 24. The van der Waals surface area contributed by atoms with Gasteiger partial charge in [-0.15, -0.1) is 0 Å². The number of hydrogen-bond acceptors (Lipinski definition) is 5. The largest absolute Gasteiger partial charge is 0.352 e.